The number of carbonyl (C=O) groups is 1. The highest BCUT2D eigenvalue weighted by molar-refractivity contribution is 7.13. The molecular formula is C30H34N6O3S. The van der Waals surface area contributed by atoms with Crippen molar-refractivity contribution in [1.82, 2.24) is 24.6 Å². The number of piperidine rings is 1. The van der Waals surface area contributed by atoms with Gasteiger partial charge < -0.3 is 18.9 Å². The highest BCUT2D eigenvalue weighted by atomic mass is 32.1. The molecule has 1 atom stereocenters. The second kappa shape index (κ2) is 12.2. The Morgan fingerprint density at radius 2 is 1.90 bits per heavy atom. The van der Waals surface area contributed by atoms with E-state index in [0.29, 0.717) is 40.5 Å². The summed E-state index contributed by atoms with van der Waals surface area (Å²) in [5.74, 6) is 3.96. The summed E-state index contributed by atoms with van der Waals surface area (Å²) in [6, 6.07) is 13.2. The number of ether oxygens (including phenoxy) is 2. The number of hydrogen-bond acceptors (Lipinski definition) is 8. The van der Waals surface area contributed by atoms with E-state index in [1.807, 2.05) is 35.7 Å². The lowest BCUT2D eigenvalue weighted by atomic mass is 9.99. The maximum absolute atomic E-state index is 13.1. The molecule has 1 N–H and O–H groups in total. The summed E-state index contributed by atoms with van der Waals surface area (Å²) in [7, 11) is 2.14. The fourth-order valence-corrected chi connectivity index (χ4v) is 5.95. The minimum absolute atomic E-state index is 0.259. The third-order valence-corrected chi connectivity index (χ3v) is 8.15. The molecule has 1 unspecified atom stereocenters. The van der Waals surface area contributed by atoms with E-state index in [1.54, 1.807) is 18.3 Å². The third-order valence-electron chi connectivity index (χ3n) is 7.46. The van der Waals surface area contributed by atoms with Crippen molar-refractivity contribution in [2.45, 2.75) is 45.1 Å². The zero-order valence-corrected chi connectivity index (χ0v) is 23.5. The number of anilines is 1. The van der Waals surface area contributed by atoms with E-state index < -0.39 is 0 Å². The smallest absolute Gasteiger partial charge is 0.257 e. The number of nitrogens with zero attached hydrogens (tertiary/aromatic N) is 5. The van der Waals surface area contributed by atoms with Gasteiger partial charge in [-0.2, -0.15) is 0 Å². The summed E-state index contributed by atoms with van der Waals surface area (Å²) in [5, 5.41) is 14.1. The molecule has 4 heterocycles. The van der Waals surface area contributed by atoms with E-state index in [1.165, 1.54) is 24.2 Å². The number of fused-ring (bicyclic) bond motifs is 1. The molecule has 1 saturated heterocycles. The molecule has 1 fully saturated rings. The largest absolute Gasteiger partial charge is 0.493 e. The monoisotopic (exact) mass is 558 g/mol. The zero-order chi connectivity index (χ0) is 27.3. The molecule has 208 valence electrons. The lowest BCUT2D eigenvalue weighted by Crippen LogP contribution is -2.34. The van der Waals surface area contributed by atoms with E-state index in [2.05, 4.69) is 37.0 Å². The molecule has 0 spiro atoms. The number of nitrogens with one attached hydrogen (secondary N) is 1. The molecule has 40 heavy (non-hydrogen) atoms. The van der Waals surface area contributed by atoms with Crippen molar-refractivity contribution in [2.75, 3.05) is 32.1 Å². The second-order valence-electron chi connectivity index (χ2n) is 10.6. The Labute approximate surface area is 238 Å². The van der Waals surface area contributed by atoms with Crippen LogP contribution < -0.4 is 14.8 Å². The van der Waals surface area contributed by atoms with Gasteiger partial charge in [0.2, 0.25) is 0 Å². The lowest BCUT2D eigenvalue weighted by Gasteiger charge is -2.29. The predicted molar refractivity (Wildman–Crippen MR) is 155 cm³/mol. The molecule has 2 aliphatic heterocycles. The van der Waals surface area contributed by atoms with Crippen molar-refractivity contribution >= 4 is 22.4 Å². The molecule has 0 radical (unpaired) electrons. The molecule has 10 heteroatoms. The topological polar surface area (TPSA) is 94.4 Å². The number of aromatic nitrogens is 4. The molecule has 2 aromatic carbocycles. The Hall–Kier alpha value is -3.76. The quantitative estimate of drug-likeness (QED) is 0.288. The van der Waals surface area contributed by atoms with Crippen molar-refractivity contribution in [2.24, 2.45) is 5.92 Å². The highest BCUT2D eigenvalue weighted by Crippen LogP contribution is 2.31. The fraction of sp³-hybridized carbons (Fsp3) is 0.400. The van der Waals surface area contributed by atoms with Crippen LogP contribution in [0.25, 0.3) is 11.4 Å². The first-order chi connectivity index (χ1) is 19.6. The van der Waals surface area contributed by atoms with Crippen molar-refractivity contribution < 1.29 is 14.3 Å². The fourth-order valence-electron chi connectivity index (χ4n) is 5.43. The van der Waals surface area contributed by atoms with Gasteiger partial charge in [-0.3, -0.25) is 10.1 Å². The van der Waals surface area contributed by atoms with E-state index >= 15 is 0 Å². The molecule has 0 bridgehead atoms. The Morgan fingerprint density at radius 3 is 2.73 bits per heavy atom. The first kappa shape index (κ1) is 26.5. The van der Waals surface area contributed by atoms with Gasteiger partial charge in [-0.1, -0.05) is 6.42 Å². The van der Waals surface area contributed by atoms with Crippen LogP contribution in [0.3, 0.4) is 0 Å². The van der Waals surface area contributed by atoms with Crippen molar-refractivity contribution in [3.63, 3.8) is 0 Å². The third kappa shape index (κ3) is 6.34. The molecule has 0 saturated carbocycles. The Kier molecular flexibility index (Phi) is 8.06. The number of thiazole rings is 1. The summed E-state index contributed by atoms with van der Waals surface area (Å²) in [6.45, 7) is 3.68. The molecule has 2 aliphatic rings. The van der Waals surface area contributed by atoms with Gasteiger partial charge in [-0.05, 0) is 75.7 Å². The molecule has 1 amide bonds. The minimum atomic E-state index is -0.259. The predicted octanol–water partition coefficient (Wildman–Crippen LogP) is 5.89. The van der Waals surface area contributed by atoms with Crippen LogP contribution in [0.5, 0.6) is 17.2 Å². The van der Waals surface area contributed by atoms with Crippen molar-refractivity contribution in [3.05, 3.63) is 65.4 Å². The number of benzene rings is 2. The number of hydrogen-bond donors (Lipinski definition) is 1. The van der Waals surface area contributed by atoms with Gasteiger partial charge >= 0.3 is 0 Å². The van der Waals surface area contributed by atoms with E-state index in [4.69, 9.17) is 9.47 Å². The van der Waals surface area contributed by atoms with E-state index in [0.717, 1.165) is 62.5 Å². The number of likely N-dealkylation sites (tertiary alicyclic amines) is 1. The Balaban J connectivity index is 1.20. The summed E-state index contributed by atoms with van der Waals surface area (Å²) in [5.41, 5.74) is 1.46. The van der Waals surface area contributed by atoms with Crippen LogP contribution in [0, 0.1) is 5.92 Å². The van der Waals surface area contributed by atoms with Crippen LogP contribution in [-0.2, 0) is 13.0 Å². The summed E-state index contributed by atoms with van der Waals surface area (Å²) < 4.78 is 14.7. The lowest BCUT2D eigenvalue weighted by molar-refractivity contribution is 0.102. The molecule has 4 aromatic rings. The average Bonchev–Trinajstić information content (AvgIpc) is 3.56. The number of aryl methyl sites for hydroxylation is 1. The maximum atomic E-state index is 13.1. The molecule has 0 aliphatic carbocycles. The normalized spacial score (nSPS) is 17.6. The SMILES string of the molecule is CN1CCCC(COc2cc(Oc3ccc(-c4nnc5n4CCCCC5)cc3)cc(C(=O)Nc3nccs3)c2)C1. The Bertz CT molecular complexity index is 1440. The molecule has 6 rings (SSSR count). The van der Waals surface area contributed by atoms with Crippen LogP contribution in [0.15, 0.2) is 54.0 Å². The number of carbonyl (C=O) groups excluding carboxylic acids is 1. The molecule has 2 aromatic heterocycles. The first-order valence-corrected chi connectivity index (χ1v) is 14.9. The summed E-state index contributed by atoms with van der Waals surface area (Å²) in [4.78, 5) is 19.6. The average molecular weight is 559 g/mol. The van der Waals surface area contributed by atoms with Gasteiger partial charge in [0.15, 0.2) is 11.0 Å². The molecule has 9 nitrogen and oxygen atoms in total. The van der Waals surface area contributed by atoms with Crippen LogP contribution >= 0.6 is 11.3 Å². The van der Waals surface area contributed by atoms with Crippen molar-refractivity contribution in [3.8, 4) is 28.6 Å². The Morgan fingerprint density at radius 1 is 1.02 bits per heavy atom. The molecular weight excluding hydrogens is 524 g/mol. The van der Waals surface area contributed by atoms with Gasteiger partial charge in [-0.25, -0.2) is 4.98 Å². The van der Waals surface area contributed by atoms with Gasteiger partial charge in [0, 0.05) is 54.2 Å². The van der Waals surface area contributed by atoms with E-state index in [9.17, 15) is 4.79 Å². The minimum Gasteiger partial charge on any atom is -0.493 e. The summed E-state index contributed by atoms with van der Waals surface area (Å²) >= 11 is 1.37. The number of amides is 1. The van der Waals surface area contributed by atoms with Crippen LogP contribution in [0.4, 0.5) is 5.13 Å². The highest BCUT2D eigenvalue weighted by Gasteiger charge is 2.19. The van der Waals surface area contributed by atoms with Crippen LogP contribution in [-0.4, -0.2) is 57.3 Å². The maximum Gasteiger partial charge on any atom is 0.257 e. The van der Waals surface area contributed by atoms with Crippen LogP contribution in [0.1, 0.15) is 48.3 Å². The second-order valence-corrected chi connectivity index (χ2v) is 11.5. The van der Waals surface area contributed by atoms with Gasteiger partial charge in [0.05, 0.1) is 6.61 Å². The number of rotatable bonds is 8. The standard InChI is InChI=1S/C30H34N6O3S/c1-35-13-5-6-21(19-35)20-38-25-16-23(29(37)32-30-31-12-15-40-30)17-26(18-25)39-24-10-8-22(9-11-24)28-34-33-27-7-3-2-4-14-36(27)28/h8-12,15-18,21H,2-7,13-14,19-20H2,1H3,(H,31,32,37). The first-order valence-electron chi connectivity index (χ1n) is 14.0. The summed E-state index contributed by atoms with van der Waals surface area (Å²) in [6.07, 6.45) is 8.48. The van der Waals surface area contributed by atoms with Gasteiger partial charge in [0.25, 0.3) is 5.91 Å². The van der Waals surface area contributed by atoms with Crippen molar-refractivity contribution in [1.29, 1.82) is 0 Å². The zero-order valence-electron chi connectivity index (χ0n) is 22.7. The van der Waals surface area contributed by atoms with Gasteiger partial charge in [0.1, 0.15) is 23.1 Å². The van der Waals surface area contributed by atoms with Gasteiger partial charge in [-0.15, -0.1) is 21.5 Å². The van der Waals surface area contributed by atoms with Crippen LogP contribution in [0.2, 0.25) is 0 Å². The van der Waals surface area contributed by atoms with E-state index in [-0.39, 0.29) is 5.91 Å².